The van der Waals surface area contributed by atoms with Crippen LogP contribution in [0.2, 0.25) is 0 Å². The quantitative estimate of drug-likeness (QED) is 0.747. The van der Waals surface area contributed by atoms with Crippen molar-refractivity contribution in [3.63, 3.8) is 0 Å². The fourth-order valence-electron chi connectivity index (χ4n) is 1.62. The number of ether oxygens (including phenoxy) is 1. The Bertz CT molecular complexity index is 531. The zero-order valence-corrected chi connectivity index (χ0v) is 10.6. The van der Waals surface area contributed by atoms with Crippen LogP contribution in [0.4, 0.5) is 5.69 Å². The second-order valence-electron chi connectivity index (χ2n) is 4.03. The van der Waals surface area contributed by atoms with Crippen LogP contribution in [0.25, 0.3) is 0 Å². The molecule has 0 aliphatic heterocycles. The van der Waals surface area contributed by atoms with Gasteiger partial charge in [-0.3, -0.25) is 0 Å². The van der Waals surface area contributed by atoms with E-state index in [2.05, 4.69) is 21.4 Å². The number of nitriles is 1. The van der Waals surface area contributed by atoms with Crippen LogP contribution in [-0.4, -0.2) is 16.6 Å². The molecule has 0 radical (unpaired) electrons. The molecule has 1 aromatic carbocycles. The summed E-state index contributed by atoms with van der Waals surface area (Å²) in [5.41, 5.74) is 0.981. The van der Waals surface area contributed by atoms with Crippen molar-refractivity contribution in [3.05, 3.63) is 42.5 Å². The molecular formula is C14H16N4O. The van der Waals surface area contributed by atoms with E-state index in [-0.39, 0.29) is 0 Å². The van der Waals surface area contributed by atoms with Crippen molar-refractivity contribution in [2.45, 2.75) is 19.4 Å². The molecule has 5 nitrogen and oxygen atoms in total. The summed E-state index contributed by atoms with van der Waals surface area (Å²) < 4.78 is 5.57. The van der Waals surface area contributed by atoms with E-state index in [4.69, 9.17) is 10.00 Å². The first-order valence-corrected chi connectivity index (χ1v) is 6.20. The number of hydrogen-bond acceptors (Lipinski definition) is 4. The number of nitrogens with zero attached hydrogens (tertiary/aromatic N) is 2. The highest BCUT2D eigenvalue weighted by atomic mass is 16.5. The number of hydrogen-bond donors (Lipinski definition) is 2. The lowest BCUT2D eigenvalue weighted by atomic mass is 10.3. The molecule has 2 N–H and O–H groups in total. The van der Waals surface area contributed by atoms with Gasteiger partial charge in [-0.25, -0.2) is 4.98 Å². The van der Waals surface area contributed by atoms with Crippen molar-refractivity contribution in [3.8, 4) is 11.8 Å². The van der Waals surface area contributed by atoms with E-state index in [0.717, 1.165) is 23.7 Å². The van der Waals surface area contributed by atoms with Crippen LogP contribution < -0.4 is 10.1 Å². The highest BCUT2D eigenvalue weighted by Crippen LogP contribution is 2.18. The third kappa shape index (κ3) is 4.36. The summed E-state index contributed by atoms with van der Waals surface area (Å²) in [6.07, 6.45) is 4.80. The maximum atomic E-state index is 8.44. The Morgan fingerprint density at radius 2 is 2.37 bits per heavy atom. The zero-order chi connectivity index (χ0) is 13.3. The third-order valence-corrected chi connectivity index (χ3v) is 2.55. The molecule has 2 aromatic rings. The van der Waals surface area contributed by atoms with E-state index in [0.29, 0.717) is 19.6 Å². The fourth-order valence-corrected chi connectivity index (χ4v) is 1.62. The zero-order valence-electron chi connectivity index (χ0n) is 10.6. The average Bonchev–Trinajstić information content (AvgIpc) is 2.95. The van der Waals surface area contributed by atoms with Crippen molar-refractivity contribution in [2.24, 2.45) is 0 Å². The summed E-state index contributed by atoms with van der Waals surface area (Å²) in [5.74, 6) is 1.70. The van der Waals surface area contributed by atoms with Crippen LogP contribution in [0.15, 0.2) is 36.7 Å². The van der Waals surface area contributed by atoms with Gasteiger partial charge in [-0.15, -0.1) is 0 Å². The summed E-state index contributed by atoms with van der Waals surface area (Å²) >= 11 is 0. The Morgan fingerprint density at radius 1 is 1.42 bits per heavy atom. The molecule has 98 valence electrons. The van der Waals surface area contributed by atoms with Crippen molar-refractivity contribution < 1.29 is 4.74 Å². The van der Waals surface area contributed by atoms with Gasteiger partial charge in [-0.1, -0.05) is 6.07 Å². The SMILES string of the molecule is N#CCCCOc1cccc(NCc2ncc[nH]2)c1. The summed E-state index contributed by atoms with van der Waals surface area (Å²) in [6.45, 7) is 1.21. The summed E-state index contributed by atoms with van der Waals surface area (Å²) in [7, 11) is 0. The Kier molecular flexibility index (Phi) is 4.82. The van der Waals surface area contributed by atoms with Crippen LogP contribution in [-0.2, 0) is 6.54 Å². The first kappa shape index (κ1) is 13.0. The largest absolute Gasteiger partial charge is 0.493 e. The van der Waals surface area contributed by atoms with Gasteiger partial charge >= 0.3 is 0 Å². The number of imidazole rings is 1. The van der Waals surface area contributed by atoms with Crippen molar-refractivity contribution in [1.82, 2.24) is 9.97 Å². The molecular weight excluding hydrogens is 240 g/mol. The van der Waals surface area contributed by atoms with Crippen LogP contribution in [0.1, 0.15) is 18.7 Å². The number of nitrogens with one attached hydrogen (secondary N) is 2. The lowest BCUT2D eigenvalue weighted by Crippen LogP contribution is -2.02. The molecule has 19 heavy (non-hydrogen) atoms. The Balaban J connectivity index is 1.83. The predicted molar refractivity (Wildman–Crippen MR) is 72.7 cm³/mol. The second kappa shape index (κ2) is 7.07. The van der Waals surface area contributed by atoms with Gasteiger partial charge in [0, 0.05) is 30.6 Å². The van der Waals surface area contributed by atoms with E-state index in [1.54, 1.807) is 12.4 Å². The normalized spacial score (nSPS) is 9.84. The smallest absolute Gasteiger partial charge is 0.125 e. The van der Waals surface area contributed by atoms with Crippen molar-refractivity contribution in [2.75, 3.05) is 11.9 Å². The van der Waals surface area contributed by atoms with Crippen LogP contribution in [0, 0.1) is 11.3 Å². The molecule has 1 heterocycles. The minimum absolute atomic E-state index is 0.524. The maximum absolute atomic E-state index is 8.44. The van der Waals surface area contributed by atoms with E-state index >= 15 is 0 Å². The van der Waals surface area contributed by atoms with Gasteiger partial charge in [0.25, 0.3) is 0 Å². The fraction of sp³-hybridized carbons (Fsp3) is 0.286. The summed E-state index contributed by atoms with van der Waals surface area (Å²) in [5, 5.41) is 11.7. The summed E-state index contributed by atoms with van der Waals surface area (Å²) in [4.78, 5) is 7.18. The Labute approximate surface area is 112 Å². The van der Waals surface area contributed by atoms with Gasteiger partial charge < -0.3 is 15.0 Å². The van der Waals surface area contributed by atoms with Crippen molar-refractivity contribution in [1.29, 1.82) is 5.26 Å². The van der Waals surface area contributed by atoms with Gasteiger partial charge in [0.15, 0.2) is 0 Å². The standard InChI is InChI=1S/C14H16N4O/c15-6-1-2-9-19-13-5-3-4-12(10-13)18-11-14-16-7-8-17-14/h3-5,7-8,10,18H,1-2,9,11H2,(H,16,17). The van der Waals surface area contributed by atoms with Crippen LogP contribution in [0.3, 0.4) is 0 Å². The van der Waals surface area contributed by atoms with E-state index in [9.17, 15) is 0 Å². The number of aromatic amines is 1. The summed E-state index contributed by atoms with van der Waals surface area (Å²) in [6, 6.07) is 9.86. The molecule has 0 fully saturated rings. The molecule has 0 aliphatic rings. The number of H-pyrrole nitrogens is 1. The first-order valence-electron chi connectivity index (χ1n) is 6.20. The Hall–Kier alpha value is -2.48. The van der Waals surface area contributed by atoms with Gasteiger partial charge in [0.05, 0.1) is 19.2 Å². The molecule has 0 saturated carbocycles. The number of rotatable bonds is 7. The predicted octanol–water partition coefficient (Wildman–Crippen LogP) is 2.70. The molecule has 0 saturated heterocycles. The molecule has 0 unspecified atom stereocenters. The molecule has 0 aliphatic carbocycles. The monoisotopic (exact) mass is 256 g/mol. The van der Waals surface area contributed by atoms with E-state index in [1.165, 1.54) is 0 Å². The molecule has 0 amide bonds. The van der Waals surface area contributed by atoms with E-state index in [1.807, 2.05) is 24.3 Å². The minimum atomic E-state index is 0.524. The van der Waals surface area contributed by atoms with Gasteiger partial charge in [0.1, 0.15) is 11.6 Å². The second-order valence-corrected chi connectivity index (χ2v) is 4.03. The number of anilines is 1. The van der Waals surface area contributed by atoms with Crippen LogP contribution in [0.5, 0.6) is 5.75 Å². The molecule has 0 spiro atoms. The Morgan fingerprint density at radius 3 is 3.16 bits per heavy atom. The number of aromatic nitrogens is 2. The lowest BCUT2D eigenvalue weighted by Gasteiger charge is -2.08. The minimum Gasteiger partial charge on any atom is -0.493 e. The molecule has 1 aromatic heterocycles. The van der Waals surface area contributed by atoms with Gasteiger partial charge in [0.2, 0.25) is 0 Å². The van der Waals surface area contributed by atoms with Crippen LogP contribution >= 0.6 is 0 Å². The maximum Gasteiger partial charge on any atom is 0.125 e. The molecule has 0 bridgehead atoms. The molecule has 2 rings (SSSR count). The average molecular weight is 256 g/mol. The van der Waals surface area contributed by atoms with Gasteiger partial charge in [-0.2, -0.15) is 5.26 Å². The molecule has 0 atom stereocenters. The third-order valence-electron chi connectivity index (χ3n) is 2.55. The number of benzene rings is 1. The highest BCUT2D eigenvalue weighted by molar-refractivity contribution is 5.48. The highest BCUT2D eigenvalue weighted by Gasteiger charge is 1.98. The molecule has 5 heteroatoms. The first-order chi connectivity index (χ1) is 9.38. The van der Waals surface area contributed by atoms with Crippen molar-refractivity contribution >= 4 is 5.69 Å². The van der Waals surface area contributed by atoms with Gasteiger partial charge in [-0.05, 0) is 18.6 Å². The van der Waals surface area contributed by atoms with E-state index < -0.39 is 0 Å². The lowest BCUT2D eigenvalue weighted by molar-refractivity contribution is 0.313. The number of unbranched alkanes of at least 4 members (excludes halogenated alkanes) is 1. The topological polar surface area (TPSA) is 73.7 Å².